The standard InChI is InChI=1S/C26H25ClN2O5/c1-26(2,14-27)25(31)28-19-6-3-16(4-7-19)22-12-18-13-29(10-9-20(18)34-22)24(30)17-5-8-21-23(11-17)33-15-32-21/h3-8,11-12H,9-10,13-15H2,1-2H3,(H,28,31). The third-order valence-corrected chi connectivity index (χ3v) is 6.82. The number of hydrogen-bond donors (Lipinski definition) is 1. The molecule has 2 aliphatic heterocycles. The second kappa shape index (κ2) is 8.72. The first kappa shape index (κ1) is 22.3. The third-order valence-electron chi connectivity index (χ3n) is 6.15. The predicted octanol–water partition coefficient (Wildman–Crippen LogP) is 5.08. The Kier molecular flexibility index (Phi) is 5.73. The molecule has 0 saturated heterocycles. The molecule has 3 aromatic rings. The van der Waals surface area contributed by atoms with Crippen LogP contribution in [-0.4, -0.2) is 35.9 Å². The summed E-state index contributed by atoms with van der Waals surface area (Å²) in [6.07, 6.45) is 0.646. The van der Waals surface area contributed by atoms with E-state index >= 15 is 0 Å². The van der Waals surface area contributed by atoms with Crippen molar-refractivity contribution in [3.63, 3.8) is 0 Å². The molecule has 2 aliphatic rings. The zero-order chi connectivity index (χ0) is 23.9. The number of halogens is 1. The summed E-state index contributed by atoms with van der Waals surface area (Å²) in [5.74, 6) is 2.95. The fraction of sp³-hybridized carbons (Fsp3) is 0.308. The maximum Gasteiger partial charge on any atom is 0.254 e. The summed E-state index contributed by atoms with van der Waals surface area (Å²) in [7, 11) is 0. The van der Waals surface area contributed by atoms with Gasteiger partial charge < -0.3 is 24.1 Å². The number of rotatable bonds is 5. The van der Waals surface area contributed by atoms with Gasteiger partial charge in [-0.2, -0.15) is 0 Å². The van der Waals surface area contributed by atoms with E-state index in [0.717, 1.165) is 22.6 Å². The van der Waals surface area contributed by atoms with Gasteiger partial charge in [0, 0.05) is 47.8 Å². The molecule has 1 aromatic heterocycles. The maximum atomic E-state index is 13.1. The zero-order valence-electron chi connectivity index (χ0n) is 19.0. The predicted molar refractivity (Wildman–Crippen MR) is 128 cm³/mol. The van der Waals surface area contributed by atoms with Crippen LogP contribution in [0.5, 0.6) is 11.5 Å². The van der Waals surface area contributed by atoms with Gasteiger partial charge in [-0.05, 0) is 62.4 Å². The van der Waals surface area contributed by atoms with Crippen LogP contribution in [0, 0.1) is 5.41 Å². The summed E-state index contributed by atoms with van der Waals surface area (Å²) < 4.78 is 16.8. The molecule has 0 unspecified atom stereocenters. The second-order valence-electron chi connectivity index (χ2n) is 9.15. The van der Waals surface area contributed by atoms with Crippen molar-refractivity contribution < 1.29 is 23.5 Å². The fourth-order valence-electron chi connectivity index (χ4n) is 3.94. The van der Waals surface area contributed by atoms with Crippen molar-refractivity contribution in [2.45, 2.75) is 26.8 Å². The van der Waals surface area contributed by atoms with Gasteiger partial charge in [-0.15, -0.1) is 11.6 Å². The molecule has 0 atom stereocenters. The number of furan rings is 1. The fourth-order valence-corrected chi connectivity index (χ4v) is 4.06. The van der Waals surface area contributed by atoms with Crippen molar-refractivity contribution in [2.24, 2.45) is 5.41 Å². The Morgan fingerprint density at radius 1 is 1.06 bits per heavy atom. The van der Waals surface area contributed by atoms with E-state index in [9.17, 15) is 9.59 Å². The molecule has 1 N–H and O–H groups in total. The molecule has 0 radical (unpaired) electrons. The van der Waals surface area contributed by atoms with Crippen LogP contribution in [0.3, 0.4) is 0 Å². The topological polar surface area (TPSA) is 81.0 Å². The number of anilines is 1. The van der Waals surface area contributed by atoms with E-state index in [1.165, 1.54) is 0 Å². The molecule has 0 aliphatic carbocycles. The van der Waals surface area contributed by atoms with Crippen molar-refractivity contribution in [3.05, 3.63) is 65.4 Å². The van der Waals surface area contributed by atoms with Gasteiger partial charge in [-0.25, -0.2) is 0 Å². The smallest absolute Gasteiger partial charge is 0.254 e. The molecule has 176 valence electrons. The molecule has 0 fully saturated rings. The number of hydrogen-bond acceptors (Lipinski definition) is 5. The maximum absolute atomic E-state index is 13.1. The highest BCUT2D eigenvalue weighted by Gasteiger charge is 2.28. The van der Waals surface area contributed by atoms with Gasteiger partial charge in [0.05, 0.1) is 5.41 Å². The Morgan fingerprint density at radius 3 is 2.59 bits per heavy atom. The Labute approximate surface area is 202 Å². The lowest BCUT2D eigenvalue weighted by Gasteiger charge is -2.26. The Balaban J connectivity index is 1.28. The van der Waals surface area contributed by atoms with E-state index in [2.05, 4.69) is 5.32 Å². The van der Waals surface area contributed by atoms with Gasteiger partial charge in [-0.1, -0.05) is 0 Å². The van der Waals surface area contributed by atoms with Crippen molar-refractivity contribution in [2.75, 3.05) is 24.5 Å². The number of benzene rings is 2. The first-order valence-electron chi connectivity index (χ1n) is 11.1. The minimum Gasteiger partial charge on any atom is -0.461 e. The van der Waals surface area contributed by atoms with E-state index in [-0.39, 0.29) is 24.5 Å². The molecule has 0 spiro atoms. The molecule has 8 heteroatoms. The minimum atomic E-state index is -0.649. The molecule has 0 saturated carbocycles. The zero-order valence-corrected chi connectivity index (χ0v) is 19.8. The lowest BCUT2D eigenvalue weighted by Crippen LogP contribution is -2.35. The van der Waals surface area contributed by atoms with Crippen molar-refractivity contribution >= 4 is 29.1 Å². The number of amides is 2. The monoisotopic (exact) mass is 480 g/mol. The van der Waals surface area contributed by atoms with Gasteiger partial charge in [0.2, 0.25) is 12.7 Å². The molecular weight excluding hydrogens is 456 g/mol. The molecule has 34 heavy (non-hydrogen) atoms. The number of carbonyl (C=O) groups is 2. The Hall–Kier alpha value is -3.45. The van der Waals surface area contributed by atoms with Crippen molar-refractivity contribution in [1.82, 2.24) is 4.90 Å². The van der Waals surface area contributed by atoms with Crippen molar-refractivity contribution in [3.8, 4) is 22.8 Å². The quantitative estimate of drug-likeness (QED) is 0.515. The summed E-state index contributed by atoms with van der Waals surface area (Å²) in [6.45, 7) is 4.84. The molecule has 2 aromatic carbocycles. The second-order valence-corrected chi connectivity index (χ2v) is 9.42. The van der Waals surface area contributed by atoms with Crippen LogP contribution in [0.15, 0.2) is 52.9 Å². The Morgan fingerprint density at radius 2 is 1.82 bits per heavy atom. The van der Waals surface area contributed by atoms with Crippen LogP contribution in [0.4, 0.5) is 5.69 Å². The first-order valence-corrected chi connectivity index (χ1v) is 11.7. The lowest BCUT2D eigenvalue weighted by atomic mass is 9.95. The first-order chi connectivity index (χ1) is 16.3. The number of alkyl halides is 1. The summed E-state index contributed by atoms with van der Waals surface area (Å²) in [5, 5.41) is 2.90. The number of nitrogens with zero attached hydrogens (tertiary/aromatic N) is 1. The van der Waals surface area contributed by atoms with Crippen LogP contribution in [0.25, 0.3) is 11.3 Å². The van der Waals surface area contributed by atoms with Gasteiger partial charge in [-0.3, -0.25) is 9.59 Å². The lowest BCUT2D eigenvalue weighted by molar-refractivity contribution is -0.122. The molecule has 2 amide bonds. The van der Waals surface area contributed by atoms with Crippen LogP contribution < -0.4 is 14.8 Å². The summed E-state index contributed by atoms with van der Waals surface area (Å²) in [5.41, 5.74) is 2.52. The van der Waals surface area contributed by atoms with E-state index in [4.69, 9.17) is 25.5 Å². The van der Waals surface area contributed by atoms with Crippen LogP contribution in [0.2, 0.25) is 0 Å². The average molecular weight is 481 g/mol. The highest BCUT2D eigenvalue weighted by Crippen LogP contribution is 2.34. The van der Waals surface area contributed by atoms with E-state index in [0.29, 0.717) is 42.3 Å². The average Bonchev–Trinajstić information content (AvgIpc) is 3.49. The highest BCUT2D eigenvalue weighted by molar-refractivity contribution is 6.20. The molecule has 0 bridgehead atoms. The van der Waals surface area contributed by atoms with E-state index in [1.54, 1.807) is 32.0 Å². The van der Waals surface area contributed by atoms with Crippen LogP contribution in [0.1, 0.15) is 35.5 Å². The molecular formula is C26H25ClN2O5. The largest absolute Gasteiger partial charge is 0.461 e. The number of nitrogens with one attached hydrogen (secondary N) is 1. The SMILES string of the molecule is CC(C)(CCl)C(=O)Nc1ccc(-c2cc3c(o2)CCN(C(=O)c2ccc4c(c2)OCO4)C3)cc1. The van der Waals surface area contributed by atoms with Crippen molar-refractivity contribution in [1.29, 1.82) is 0 Å². The van der Waals surface area contributed by atoms with Gasteiger partial charge >= 0.3 is 0 Å². The molecule has 5 rings (SSSR count). The number of carbonyl (C=O) groups excluding carboxylic acids is 2. The van der Waals surface area contributed by atoms with E-state index in [1.807, 2.05) is 35.2 Å². The highest BCUT2D eigenvalue weighted by atomic mass is 35.5. The summed E-state index contributed by atoms with van der Waals surface area (Å²) in [4.78, 5) is 27.2. The van der Waals surface area contributed by atoms with E-state index < -0.39 is 5.41 Å². The minimum absolute atomic E-state index is 0.0494. The van der Waals surface area contributed by atoms with Gasteiger partial charge in [0.15, 0.2) is 11.5 Å². The molecule has 7 nitrogen and oxygen atoms in total. The third kappa shape index (κ3) is 4.23. The Bertz CT molecular complexity index is 1250. The number of fused-ring (bicyclic) bond motifs is 2. The summed E-state index contributed by atoms with van der Waals surface area (Å²) >= 11 is 5.89. The van der Waals surface area contributed by atoms with Crippen LogP contribution >= 0.6 is 11.6 Å². The normalized spacial score (nSPS) is 14.6. The number of ether oxygens (including phenoxy) is 2. The van der Waals surface area contributed by atoms with Crippen LogP contribution in [-0.2, 0) is 17.8 Å². The van der Waals surface area contributed by atoms with Gasteiger partial charge in [0.1, 0.15) is 11.5 Å². The molecule has 3 heterocycles. The van der Waals surface area contributed by atoms with Gasteiger partial charge in [0.25, 0.3) is 5.91 Å². The summed E-state index contributed by atoms with van der Waals surface area (Å²) in [6, 6.07) is 14.7.